The van der Waals surface area contributed by atoms with Crippen molar-refractivity contribution < 1.29 is 9.26 Å². The lowest BCUT2D eigenvalue weighted by Gasteiger charge is -2.10. The Morgan fingerprint density at radius 1 is 0.919 bits per heavy atom. The van der Waals surface area contributed by atoms with Crippen LogP contribution in [0.3, 0.4) is 0 Å². The number of pyridine rings is 1. The standard InChI is InChI=1S/C28H25N7O2/c1-19-15-25(34-37-19)27-32-31-26-23-9-5-6-10-24(23)28(33-35(26)27)36-18-22-12-11-21(17-30-22)16-29-14-13-20-7-3-2-4-8-20/h2-12,15,17,29H,13-14,16,18H2,1H3. The highest BCUT2D eigenvalue weighted by molar-refractivity contribution is 5.96. The second-order valence-corrected chi connectivity index (χ2v) is 8.79. The molecule has 9 nitrogen and oxygen atoms in total. The van der Waals surface area contributed by atoms with Crippen LogP contribution in [0, 0.1) is 6.92 Å². The minimum absolute atomic E-state index is 0.282. The van der Waals surface area contributed by atoms with Crippen molar-refractivity contribution in [1.82, 2.24) is 35.3 Å². The van der Waals surface area contributed by atoms with Crippen molar-refractivity contribution in [3.8, 4) is 17.4 Å². The van der Waals surface area contributed by atoms with E-state index in [1.54, 1.807) is 10.6 Å². The second-order valence-electron chi connectivity index (χ2n) is 8.79. The third kappa shape index (κ3) is 4.89. The first-order chi connectivity index (χ1) is 18.2. The largest absolute Gasteiger partial charge is 0.470 e. The van der Waals surface area contributed by atoms with Crippen molar-refractivity contribution >= 4 is 16.4 Å². The SMILES string of the molecule is Cc1cc(-c2nnc3c4ccccc4c(OCc4ccc(CNCCc5ccccc5)cn4)nn23)no1. The number of rotatable bonds is 9. The number of ether oxygens (including phenoxy) is 1. The molecule has 0 aliphatic heterocycles. The van der Waals surface area contributed by atoms with E-state index < -0.39 is 0 Å². The molecule has 0 saturated heterocycles. The number of nitrogens with zero attached hydrogens (tertiary/aromatic N) is 6. The van der Waals surface area contributed by atoms with E-state index in [-0.39, 0.29) is 6.61 Å². The van der Waals surface area contributed by atoms with E-state index in [2.05, 4.69) is 56.0 Å². The Labute approximate surface area is 213 Å². The number of aryl methyl sites for hydroxylation is 1. The van der Waals surface area contributed by atoms with Crippen LogP contribution in [0.1, 0.15) is 22.6 Å². The molecule has 0 amide bonds. The minimum Gasteiger partial charge on any atom is -0.470 e. The molecule has 37 heavy (non-hydrogen) atoms. The van der Waals surface area contributed by atoms with Crippen molar-refractivity contribution in [3.05, 3.63) is 102 Å². The first-order valence-electron chi connectivity index (χ1n) is 12.1. The number of hydrogen-bond donors (Lipinski definition) is 1. The van der Waals surface area contributed by atoms with Crippen molar-refractivity contribution in [3.63, 3.8) is 0 Å². The van der Waals surface area contributed by atoms with Crippen molar-refractivity contribution in [2.24, 2.45) is 0 Å². The molecule has 9 heteroatoms. The lowest BCUT2D eigenvalue weighted by molar-refractivity contribution is 0.289. The van der Waals surface area contributed by atoms with Gasteiger partial charge in [-0.05, 0) is 43.1 Å². The number of hydrogen-bond acceptors (Lipinski definition) is 8. The quantitative estimate of drug-likeness (QED) is 0.294. The van der Waals surface area contributed by atoms with Crippen molar-refractivity contribution in [1.29, 1.82) is 0 Å². The van der Waals surface area contributed by atoms with Crippen LogP contribution in [0.25, 0.3) is 27.9 Å². The Hall–Kier alpha value is -4.63. The Kier molecular flexibility index (Phi) is 6.26. The lowest BCUT2D eigenvalue weighted by Crippen LogP contribution is -2.16. The number of aromatic nitrogens is 6. The zero-order valence-corrected chi connectivity index (χ0v) is 20.3. The molecule has 0 atom stereocenters. The molecular formula is C28H25N7O2. The highest BCUT2D eigenvalue weighted by atomic mass is 16.5. The van der Waals surface area contributed by atoms with Crippen LogP contribution in [0.5, 0.6) is 5.88 Å². The summed E-state index contributed by atoms with van der Waals surface area (Å²) in [7, 11) is 0. The first-order valence-corrected chi connectivity index (χ1v) is 12.1. The van der Waals surface area contributed by atoms with E-state index in [9.17, 15) is 0 Å². The fourth-order valence-corrected chi connectivity index (χ4v) is 4.19. The van der Waals surface area contributed by atoms with Gasteiger partial charge >= 0.3 is 0 Å². The Balaban J connectivity index is 1.16. The molecule has 0 aliphatic carbocycles. The van der Waals surface area contributed by atoms with Gasteiger partial charge in [-0.25, -0.2) is 0 Å². The monoisotopic (exact) mass is 491 g/mol. The number of benzene rings is 2. The minimum atomic E-state index is 0.282. The highest BCUT2D eigenvalue weighted by Crippen LogP contribution is 2.29. The molecule has 6 aromatic rings. The number of nitrogens with one attached hydrogen (secondary N) is 1. The second kappa shape index (κ2) is 10.2. The maximum atomic E-state index is 6.16. The Morgan fingerprint density at radius 3 is 2.54 bits per heavy atom. The maximum absolute atomic E-state index is 6.16. The molecule has 0 aliphatic rings. The molecule has 0 saturated carbocycles. The van der Waals surface area contributed by atoms with Gasteiger partial charge in [0.2, 0.25) is 11.7 Å². The molecule has 0 bridgehead atoms. The normalized spacial score (nSPS) is 11.4. The van der Waals surface area contributed by atoms with E-state index in [1.165, 1.54) is 5.56 Å². The molecule has 1 N–H and O–H groups in total. The van der Waals surface area contributed by atoms with Crippen LogP contribution >= 0.6 is 0 Å². The summed E-state index contributed by atoms with van der Waals surface area (Å²) in [6.45, 7) is 3.79. The van der Waals surface area contributed by atoms with Crippen molar-refractivity contribution in [2.45, 2.75) is 26.5 Å². The molecule has 4 aromatic heterocycles. The smallest absolute Gasteiger partial charge is 0.240 e. The predicted octanol–water partition coefficient (Wildman–Crippen LogP) is 4.55. The fraction of sp³-hybridized carbons (Fsp3) is 0.179. The summed E-state index contributed by atoms with van der Waals surface area (Å²) in [5, 5.41) is 22.6. The molecule has 4 heterocycles. The summed E-state index contributed by atoms with van der Waals surface area (Å²) in [4.78, 5) is 4.58. The van der Waals surface area contributed by atoms with Gasteiger partial charge in [0.1, 0.15) is 12.4 Å². The molecule has 6 rings (SSSR count). The van der Waals surface area contributed by atoms with E-state index in [1.807, 2.05) is 49.5 Å². The van der Waals surface area contributed by atoms with Gasteiger partial charge in [0, 0.05) is 29.6 Å². The molecule has 184 valence electrons. The average Bonchev–Trinajstić information content (AvgIpc) is 3.57. The molecule has 2 aromatic carbocycles. The summed E-state index contributed by atoms with van der Waals surface area (Å²) in [5.41, 5.74) is 4.46. The van der Waals surface area contributed by atoms with Gasteiger partial charge in [0.15, 0.2) is 11.3 Å². The van der Waals surface area contributed by atoms with Crippen LogP contribution in [0.2, 0.25) is 0 Å². The van der Waals surface area contributed by atoms with Gasteiger partial charge in [0.25, 0.3) is 0 Å². The van der Waals surface area contributed by atoms with Gasteiger partial charge in [-0.15, -0.1) is 15.3 Å². The maximum Gasteiger partial charge on any atom is 0.240 e. The van der Waals surface area contributed by atoms with E-state index in [0.29, 0.717) is 28.8 Å². The van der Waals surface area contributed by atoms with Crippen LogP contribution in [-0.4, -0.2) is 36.5 Å². The Bertz CT molecular complexity index is 1640. The van der Waals surface area contributed by atoms with Gasteiger partial charge in [-0.3, -0.25) is 4.98 Å². The third-order valence-corrected chi connectivity index (χ3v) is 6.09. The summed E-state index contributed by atoms with van der Waals surface area (Å²) in [6.07, 6.45) is 2.88. The van der Waals surface area contributed by atoms with Crippen LogP contribution in [-0.2, 0) is 19.6 Å². The summed E-state index contributed by atoms with van der Waals surface area (Å²) in [6, 6.07) is 24.2. The predicted molar refractivity (Wildman–Crippen MR) is 139 cm³/mol. The highest BCUT2D eigenvalue weighted by Gasteiger charge is 2.18. The van der Waals surface area contributed by atoms with Gasteiger partial charge in [-0.2, -0.15) is 4.52 Å². The lowest BCUT2D eigenvalue weighted by atomic mass is 10.1. The van der Waals surface area contributed by atoms with Crippen LogP contribution in [0.4, 0.5) is 0 Å². The zero-order chi connectivity index (χ0) is 25.0. The van der Waals surface area contributed by atoms with Crippen LogP contribution < -0.4 is 10.1 Å². The average molecular weight is 492 g/mol. The summed E-state index contributed by atoms with van der Waals surface area (Å²) >= 11 is 0. The van der Waals surface area contributed by atoms with Gasteiger partial charge in [-0.1, -0.05) is 59.8 Å². The van der Waals surface area contributed by atoms with Gasteiger partial charge < -0.3 is 14.6 Å². The topological polar surface area (TPSA) is 103 Å². The van der Waals surface area contributed by atoms with E-state index in [4.69, 9.17) is 14.4 Å². The number of fused-ring (bicyclic) bond motifs is 3. The fourth-order valence-electron chi connectivity index (χ4n) is 4.19. The third-order valence-electron chi connectivity index (χ3n) is 6.09. The Morgan fingerprint density at radius 2 is 1.76 bits per heavy atom. The van der Waals surface area contributed by atoms with E-state index in [0.717, 1.165) is 41.5 Å². The summed E-state index contributed by atoms with van der Waals surface area (Å²) in [5.74, 6) is 1.65. The molecular weight excluding hydrogens is 466 g/mol. The molecule has 0 fully saturated rings. The zero-order valence-electron chi connectivity index (χ0n) is 20.3. The molecule has 0 unspecified atom stereocenters. The van der Waals surface area contributed by atoms with Crippen molar-refractivity contribution in [2.75, 3.05) is 6.54 Å². The van der Waals surface area contributed by atoms with E-state index >= 15 is 0 Å². The molecule has 0 spiro atoms. The van der Waals surface area contributed by atoms with Crippen LogP contribution in [0.15, 0.2) is 83.5 Å². The first kappa shape index (κ1) is 22.8. The molecule has 0 radical (unpaired) electrons. The summed E-state index contributed by atoms with van der Waals surface area (Å²) < 4.78 is 13.0. The van der Waals surface area contributed by atoms with Gasteiger partial charge in [0.05, 0.1) is 5.69 Å².